The summed E-state index contributed by atoms with van der Waals surface area (Å²) in [5.41, 5.74) is -0.867. The zero-order valence-corrected chi connectivity index (χ0v) is 8.59. The van der Waals surface area contributed by atoms with Crippen LogP contribution in [0.5, 0.6) is 5.75 Å². The number of halogens is 2. The fourth-order valence-electron chi connectivity index (χ4n) is 1.67. The molecule has 1 aromatic carbocycles. The third-order valence-corrected chi connectivity index (χ3v) is 2.72. The maximum absolute atomic E-state index is 13.6. The Kier molecular flexibility index (Phi) is 2.48. The standard InChI is InChI=1S/C11H9F2NO2/c1-16-7-4-8(10(13)9(12)5-7)11(2-3-11)14-6-15/h4-5H,2-3H2,1H3. The lowest BCUT2D eigenvalue weighted by Gasteiger charge is -2.11. The first-order valence-corrected chi connectivity index (χ1v) is 4.75. The van der Waals surface area contributed by atoms with Crippen molar-refractivity contribution < 1.29 is 18.3 Å². The highest BCUT2D eigenvalue weighted by atomic mass is 19.2. The Morgan fingerprint density at radius 1 is 1.44 bits per heavy atom. The van der Waals surface area contributed by atoms with Crippen molar-refractivity contribution in [2.75, 3.05) is 7.11 Å². The lowest BCUT2D eigenvalue weighted by atomic mass is 10.0. The van der Waals surface area contributed by atoms with Crippen LogP contribution >= 0.6 is 0 Å². The molecule has 84 valence electrons. The van der Waals surface area contributed by atoms with Gasteiger partial charge in [-0.15, -0.1) is 0 Å². The van der Waals surface area contributed by atoms with Gasteiger partial charge in [0.2, 0.25) is 6.08 Å². The van der Waals surface area contributed by atoms with E-state index in [1.165, 1.54) is 19.3 Å². The van der Waals surface area contributed by atoms with Gasteiger partial charge in [-0.05, 0) is 18.9 Å². The maximum atomic E-state index is 13.6. The monoisotopic (exact) mass is 225 g/mol. The van der Waals surface area contributed by atoms with Crippen molar-refractivity contribution in [1.82, 2.24) is 0 Å². The van der Waals surface area contributed by atoms with E-state index in [1.807, 2.05) is 0 Å². The van der Waals surface area contributed by atoms with Crippen LogP contribution in [0, 0.1) is 11.6 Å². The van der Waals surface area contributed by atoms with Crippen molar-refractivity contribution in [3.8, 4) is 5.75 Å². The van der Waals surface area contributed by atoms with Crippen LogP contribution in [0.25, 0.3) is 0 Å². The predicted octanol–water partition coefficient (Wildman–Crippen LogP) is 2.30. The van der Waals surface area contributed by atoms with Crippen molar-refractivity contribution in [2.24, 2.45) is 4.99 Å². The van der Waals surface area contributed by atoms with Crippen LogP contribution in [0.15, 0.2) is 17.1 Å². The number of isocyanates is 1. The normalized spacial score (nSPS) is 16.4. The number of nitrogens with zero attached hydrogens (tertiary/aromatic N) is 1. The zero-order valence-electron chi connectivity index (χ0n) is 8.59. The first-order chi connectivity index (χ1) is 7.63. The molecule has 0 heterocycles. The van der Waals surface area contributed by atoms with Crippen LogP contribution < -0.4 is 4.74 Å². The number of ether oxygens (including phenoxy) is 1. The van der Waals surface area contributed by atoms with Crippen LogP contribution in [0.1, 0.15) is 18.4 Å². The van der Waals surface area contributed by atoms with Crippen molar-refractivity contribution in [2.45, 2.75) is 18.4 Å². The highest BCUT2D eigenvalue weighted by Crippen LogP contribution is 2.51. The minimum absolute atomic E-state index is 0.0627. The molecule has 0 atom stereocenters. The second kappa shape index (κ2) is 3.68. The Labute approximate surface area is 90.8 Å². The third-order valence-electron chi connectivity index (χ3n) is 2.72. The smallest absolute Gasteiger partial charge is 0.235 e. The molecule has 1 saturated carbocycles. The summed E-state index contributed by atoms with van der Waals surface area (Å²) in [6, 6.07) is 2.33. The van der Waals surface area contributed by atoms with Crippen LogP contribution in [0.4, 0.5) is 8.78 Å². The van der Waals surface area contributed by atoms with Gasteiger partial charge in [-0.25, -0.2) is 13.6 Å². The van der Waals surface area contributed by atoms with Crippen LogP contribution in [-0.4, -0.2) is 13.2 Å². The quantitative estimate of drug-likeness (QED) is 0.584. The first kappa shape index (κ1) is 10.8. The van der Waals surface area contributed by atoms with E-state index in [0.29, 0.717) is 12.8 Å². The molecule has 0 amide bonds. The van der Waals surface area contributed by atoms with Gasteiger partial charge in [0.25, 0.3) is 0 Å². The molecule has 2 rings (SSSR count). The lowest BCUT2D eigenvalue weighted by molar-refractivity contribution is 0.402. The number of methoxy groups -OCH3 is 1. The molecule has 16 heavy (non-hydrogen) atoms. The molecule has 1 aromatic rings. The molecule has 0 unspecified atom stereocenters. The predicted molar refractivity (Wildman–Crippen MR) is 51.9 cm³/mol. The largest absolute Gasteiger partial charge is 0.497 e. The van der Waals surface area contributed by atoms with E-state index in [9.17, 15) is 13.6 Å². The lowest BCUT2D eigenvalue weighted by Crippen LogP contribution is -2.08. The van der Waals surface area contributed by atoms with E-state index in [0.717, 1.165) is 6.07 Å². The molecule has 3 nitrogen and oxygen atoms in total. The summed E-state index contributed by atoms with van der Waals surface area (Å²) in [6.07, 6.45) is 2.44. The molecule has 1 aliphatic carbocycles. The van der Waals surface area contributed by atoms with Crippen molar-refractivity contribution in [1.29, 1.82) is 0 Å². The summed E-state index contributed by atoms with van der Waals surface area (Å²) in [5, 5.41) is 0. The van der Waals surface area contributed by atoms with Gasteiger partial charge in [0.1, 0.15) is 11.3 Å². The molecule has 0 radical (unpaired) electrons. The average molecular weight is 225 g/mol. The van der Waals surface area contributed by atoms with Gasteiger partial charge in [-0.1, -0.05) is 0 Å². The molecule has 0 spiro atoms. The molecule has 0 aromatic heterocycles. The molecule has 0 aliphatic heterocycles. The second-order valence-electron chi connectivity index (χ2n) is 3.71. The van der Waals surface area contributed by atoms with Crippen molar-refractivity contribution in [3.05, 3.63) is 29.3 Å². The minimum Gasteiger partial charge on any atom is -0.497 e. The van der Waals surface area contributed by atoms with E-state index >= 15 is 0 Å². The van der Waals surface area contributed by atoms with E-state index in [2.05, 4.69) is 4.99 Å². The zero-order chi connectivity index (χ0) is 11.8. The molecule has 0 bridgehead atoms. The minimum atomic E-state index is -0.998. The van der Waals surface area contributed by atoms with Crippen molar-refractivity contribution in [3.63, 3.8) is 0 Å². The maximum Gasteiger partial charge on any atom is 0.235 e. The summed E-state index contributed by atoms with van der Waals surface area (Å²) in [7, 11) is 1.36. The van der Waals surface area contributed by atoms with Gasteiger partial charge in [0.15, 0.2) is 11.6 Å². The first-order valence-electron chi connectivity index (χ1n) is 4.75. The molecule has 5 heteroatoms. The molecule has 0 saturated heterocycles. The van der Waals surface area contributed by atoms with Gasteiger partial charge < -0.3 is 4.74 Å². The summed E-state index contributed by atoms with van der Waals surface area (Å²) in [4.78, 5) is 13.8. The number of benzene rings is 1. The fourth-order valence-corrected chi connectivity index (χ4v) is 1.67. The third kappa shape index (κ3) is 1.59. The summed E-state index contributed by atoms with van der Waals surface area (Å²) in [6.45, 7) is 0. The van der Waals surface area contributed by atoms with Crippen LogP contribution in [0.2, 0.25) is 0 Å². The van der Waals surface area contributed by atoms with Crippen LogP contribution in [-0.2, 0) is 10.3 Å². The number of hydrogen-bond donors (Lipinski definition) is 0. The van der Waals surface area contributed by atoms with E-state index in [-0.39, 0.29) is 11.3 Å². The summed E-state index contributed by atoms with van der Waals surface area (Å²) >= 11 is 0. The van der Waals surface area contributed by atoms with Gasteiger partial charge >= 0.3 is 0 Å². The number of hydrogen-bond acceptors (Lipinski definition) is 3. The van der Waals surface area contributed by atoms with Gasteiger partial charge in [0, 0.05) is 11.6 Å². The Morgan fingerprint density at radius 2 is 2.12 bits per heavy atom. The number of aliphatic imine (C=N–C) groups is 1. The fraction of sp³-hybridized carbons (Fsp3) is 0.364. The average Bonchev–Trinajstić information content (AvgIpc) is 3.03. The van der Waals surface area contributed by atoms with Crippen LogP contribution in [0.3, 0.4) is 0 Å². The Balaban J connectivity index is 2.55. The van der Waals surface area contributed by atoms with Gasteiger partial charge in [-0.3, -0.25) is 0 Å². The van der Waals surface area contributed by atoms with E-state index in [4.69, 9.17) is 4.74 Å². The Hall–Kier alpha value is -1.74. The molecular weight excluding hydrogens is 216 g/mol. The van der Waals surface area contributed by atoms with Gasteiger partial charge in [-0.2, -0.15) is 4.99 Å². The SMILES string of the molecule is COc1cc(F)c(F)c(C2(N=C=O)CC2)c1. The highest BCUT2D eigenvalue weighted by molar-refractivity contribution is 5.44. The van der Waals surface area contributed by atoms with Crippen molar-refractivity contribution >= 4 is 6.08 Å². The number of rotatable bonds is 3. The van der Waals surface area contributed by atoms with E-state index in [1.54, 1.807) is 0 Å². The molecule has 0 N–H and O–H groups in total. The van der Waals surface area contributed by atoms with Gasteiger partial charge in [0.05, 0.1) is 7.11 Å². The topological polar surface area (TPSA) is 38.7 Å². The Morgan fingerprint density at radius 3 is 2.62 bits per heavy atom. The van der Waals surface area contributed by atoms with E-state index < -0.39 is 17.2 Å². The highest BCUT2D eigenvalue weighted by Gasteiger charge is 2.47. The summed E-state index contributed by atoms with van der Waals surface area (Å²) in [5.74, 6) is -1.76. The molecule has 1 aliphatic rings. The second-order valence-corrected chi connectivity index (χ2v) is 3.71. The molecule has 1 fully saturated rings. The Bertz CT molecular complexity index is 477. The number of carbonyl (C=O) groups excluding carboxylic acids is 1. The summed E-state index contributed by atoms with van der Waals surface area (Å²) < 4.78 is 31.6. The molecular formula is C11H9F2NO2.